The normalized spacial score (nSPS) is 10.2. The highest BCUT2D eigenvalue weighted by Gasteiger charge is 2.21. The molecular formula is C14H21O6. The van der Waals surface area contributed by atoms with Crippen LogP contribution in [-0.2, 0) is 15.9 Å². The molecule has 1 radical (unpaired) electrons. The van der Waals surface area contributed by atoms with Gasteiger partial charge in [-0.25, -0.2) is 0 Å². The molecule has 0 aromatic heterocycles. The van der Waals surface area contributed by atoms with E-state index in [1.807, 2.05) is 0 Å². The Morgan fingerprint density at radius 1 is 0.850 bits per heavy atom. The van der Waals surface area contributed by atoms with Gasteiger partial charge >= 0.3 is 0 Å². The van der Waals surface area contributed by atoms with E-state index in [0.717, 1.165) is 5.56 Å². The largest absolute Gasteiger partial charge is 0.493 e. The lowest BCUT2D eigenvalue weighted by Crippen LogP contribution is -2.07. The van der Waals surface area contributed by atoms with E-state index in [0.29, 0.717) is 29.4 Å². The van der Waals surface area contributed by atoms with Gasteiger partial charge in [0.25, 0.3) is 0 Å². The molecule has 0 heterocycles. The summed E-state index contributed by atoms with van der Waals surface area (Å²) in [7, 11) is 6.20. The van der Waals surface area contributed by atoms with Crippen LogP contribution in [0.4, 0.5) is 0 Å². The van der Waals surface area contributed by atoms with Crippen molar-refractivity contribution in [3.63, 3.8) is 0 Å². The third-order valence-electron chi connectivity index (χ3n) is 2.59. The molecule has 0 saturated heterocycles. The quantitative estimate of drug-likeness (QED) is 0.647. The number of methoxy groups -OCH3 is 4. The van der Waals surface area contributed by atoms with E-state index in [2.05, 4.69) is 6.92 Å². The monoisotopic (exact) mass is 285 g/mol. The van der Waals surface area contributed by atoms with Gasteiger partial charge in [-0.3, -0.25) is 0 Å². The summed E-state index contributed by atoms with van der Waals surface area (Å²) in [6.07, 6.45) is 0.447. The second kappa shape index (κ2) is 8.50. The van der Waals surface area contributed by atoms with E-state index in [9.17, 15) is 0 Å². The van der Waals surface area contributed by atoms with Crippen molar-refractivity contribution in [2.75, 3.05) is 42.0 Å². The molecule has 0 aliphatic heterocycles. The predicted octanol–water partition coefficient (Wildman–Crippen LogP) is 2.05. The maximum absolute atomic E-state index is 5.55. The minimum absolute atomic E-state index is 0.102. The minimum Gasteiger partial charge on any atom is -0.493 e. The molecule has 0 atom stereocenters. The van der Waals surface area contributed by atoms with Crippen LogP contribution in [0.5, 0.6) is 23.0 Å². The molecule has 1 aromatic carbocycles. The number of ether oxygens (including phenoxy) is 6. The zero-order valence-electron chi connectivity index (χ0n) is 12.4. The first-order valence-corrected chi connectivity index (χ1v) is 6.04. The average Bonchev–Trinajstić information content (AvgIpc) is 2.49. The zero-order valence-corrected chi connectivity index (χ0v) is 12.4. The summed E-state index contributed by atoms with van der Waals surface area (Å²) < 4.78 is 31.6. The lowest BCUT2D eigenvalue weighted by molar-refractivity contribution is 0.0445. The smallest absolute Gasteiger partial charge is 0.188 e. The first-order valence-electron chi connectivity index (χ1n) is 6.04. The van der Waals surface area contributed by atoms with Gasteiger partial charge in [0.2, 0.25) is 0 Å². The van der Waals surface area contributed by atoms with E-state index in [1.165, 1.54) is 0 Å². The molecule has 1 aromatic rings. The first-order chi connectivity index (χ1) is 9.73. The van der Waals surface area contributed by atoms with Crippen molar-refractivity contribution in [1.29, 1.82) is 0 Å². The molecule has 0 aliphatic carbocycles. The Bertz CT molecular complexity index is 419. The molecule has 0 fully saturated rings. The Morgan fingerprint density at radius 2 is 1.50 bits per heavy atom. The molecule has 0 spiro atoms. The van der Waals surface area contributed by atoms with Crippen LogP contribution in [0.1, 0.15) is 5.56 Å². The summed E-state index contributed by atoms with van der Waals surface area (Å²) in [6, 6.07) is 1.68. The molecule has 0 bridgehead atoms. The van der Waals surface area contributed by atoms with Gasteiger partial charge in [-0.2, -0.15) is 0 Å². The molecule has 0 N–H and O–H groups in total. The van der Waals surface area contributed by atoms with Gasteiger partial charge in [-0.05, 0) is 13.3 Å². The van der Waals surface area contributed by atoms with Gasteiger partial charge in [-0.15, -0.1) is 0 Å². The summed E-state index contributed by atoms with van der Waals surface area (Å²) in [6.45, 7) is 4.09. The van der Waals surface area contributed by atoms with E-state index < -0.39 is 0 Å². The zero-order chi connectivity index (χ0) is 15.0. The van der Waals surface area contributed by atoms with Crippen molar-refractivity contribution >= 4 is 0 Å². The first kappa shape index (κ1) is 16.4. The second-order valence-corrected chi connectivity index (χ2v) is 3.77. The van der Waals surface area contributed by atoms with E-state index in [-0.39, 0.29) is 13.6 Å². The van der Waals surface area contributed by atoms with Crippen LogP contribution < -0.4 is 18.9 Å². The molecule has 6 heteroatoms. The van der Waals surface area contributed by atoms with Gasteiger partial charge < -0.3 is 28.4 Å². The second-order valence-electron chi connectivity index (χ2n) is 3.77. The molecule has 113 valence electrons. The fourth-order valence-electron chi connectivity index (χ4n) is 1.76. The van der Waals surface area contributed by atoms with Crippen LogP contribution in [0.3, 0.4) is 0 Å². The average molecular weight is 285 g/mol. The molecule has 6 nitrogen and oxygen atoms in total. The summed E-state index contributed by atoms with van der Waals surface area (Å²) in [5, 5.41) is 0. The molecule has 0 saturated carbocycles. The maximum atomic E-state index is 5.55. The van der Waals surface area contributed by atoms with Crippen LogP contribution >= 0.6 is 0 Å². The number of rotatable bonds is 9. The van der Waals surface area contributed by atoms with Crippen molar-refractivity contribution in [3.8, 4) is 23.0 Å². The van der Waals surface area contributed by atoms with Crippen molar-refractivity contribution in [2.24, 2.45) is 0 Å². The van der Waals surface area contributed by atoms with Crippen molar-refractivity contribution in [1.82, 2.24) is 0 Å². The highest BCUT2D eigenvalue weighted by molar-refractivity contribution is 5.61. The Hall–Kier alpha value is -1.66. The van der Waals surface area contributed by atoms with Crippen molar-refractivity contribution in [3.05, 3.63) is 18.6 Å². The van der Waals surface area contributed by atoms with Gasteiger partial charge in [0.15, 0.2) is 36.6 Å². The van der Waals surface area contributed by atoms with Crippen LogP contribution in [0, 0.1) is 6.92 Å². The van der Waals surface area contributed by atoms with Gasteiger partial charge in [0.05, 0.1) is 14.2 Å². The lowest BCUT2D eigenvalue weighted by Gasteiger charge is -2.19. The third-order valence-corrected chi connectivity index (χ3v) is 2.59. The summed E-state index contributed by atoms with van der Waals surface area (Å²) in [5.41, 5.74) is 0.745. The Morgan fingerprint density at radius 3 is 2.00 bits per heavy atom. The highest BCUT2D eigenvalue weighted by atomic mass is 16.7. The number of hydrogen-bond acceptors (Lipinski definition) is 6. The summed E-state index contributed by atoms with van der Waals surface area (Å²) in [4.78, 5) is 0. The van der Waals surface area contributed by atoms with E-state index in [1.54, 1.807) is 34.5 Å². The van der Waals surface area contributed by atoms with Gasteiger partial charge in [-0.1, -0.05) is 0 Å². The molecule has 1 rings (SSSR count). The summed E-state index contributed by atoms with van der Waals surface area (Å²) >= 11 is 0. The molecule has 0 aliphatic rings. The Balaban J connectivity index is 3.28. The van der Waals surface area contributed by atoms with Crippen LogP contribution in [-0.4, -0.2) is 42.0 Å². The van der Waals surface area contributed by atoms with Gasteiger partial charge in [0, 0.05) is 25.8 Å². The molecule has 20 heavy (non-hydrogen) atoms. The standard InChI is InChI=1S/C14H21O6/c1-6-10-13(18-5)12(19-8-15-2)7-11(17-4)14(10)20-9-16-3/h7H,1,6,8-9H2,2-5H3. The predicted molar refractivity (Wildman–Crippen MR) is 73.6 cm³/mol. The van der Waals surface area contributed by atoms with Crippen LogP contribution in [0.25, 0.3) is 0 Å². The SMILES string of the molecule is [CH2]Cc1c(OC)c(OCOC)cc(OC)c1OCOC. The Kier molecular flexibility index (Phi) is 6.97. The number of benzene rings is 1. The molecular weight excluding hydrogens is 264 g/mol. The lowest BCUT2D eigenvalue weighted by atomic mass is 10.1. The van der Waals surface area contributed by atoms with Crippen molar-refractivity contribution < 1.29 is 28.4 Å². The highest BCUT2D eigenvalue weighted by Crippen LogP contribution is 2.44. The van der Waals surface area contributed by atoms with Crippen LogP contribution in [0.2, 0.25) is 0 Å². The summed E-state index contributed by atoms with van der Waals surface area (Å²) in [5.74, 6) is 2.11. The minimum atomic E-state index is 0.102. The molecule has 0 unspecified atom stereocenters. The topological polar surface area (TPSA) is 55.4 Å². The fourth-order valence-corrected chi connectivity index (χ4v) is 1.76. The fraction of sp³-hybridized carbons (Fsp3) is 0.500. The molecule has 0 amide bonds. The maximum Gasteiger partial charge on any atom is 0.188 e. The number of hydrogen-bond donors (Lipinski definition) is 0. The van der Waals surface area contributed by atoms with Crippen LogP contribution in [0.15, 0.2) is 6.07 Å². The van der Waals surface area contributed by atoms with E-state index >= 15 is 0 Å². The van der Waals surface area contributed by atoms with Gasteiger partial charge in [0.1, 0.15) is 0 Å². The third kappa shape index (κ3) is 3.68. The Labute approximate surface area is 119 Å². The van der Waals surface area contributed by atoms with E-state index in [4.69, 9.17) is 28.4 Å². The van der Waals surface area contributed by atoms with Crippen molar-refractivity contribution in [2.45, 2.75) is 6.42 Å².